The summed E-state index contributed by atoms with van der Waals surface area (Å²) < 4.78 is 4.86. The van der Waals surface area contributed by atoms with Crippen molar-refractivity contribution in [3.05, 3.63) is 24.3 Å². The number of hydrogen-bond acceptors (Lipinski definition) is 3. The highest BCUT2D eigenvalue weighted by atomic mass is 16.5. The third kappa shape index (κ3) is 12.6. The number of allylic oxidation sites excluding steroid dienone is 3. The molecule has 0 aliphatic rings. The monoisotopic (exact) mass is 350 g/mol. The maximum Gasteiger partial charge on any atom is 0.316 e. The molecule has 25 heavy (non-hydrogen) atoms. The van der Waals surface area contributed by atoms with Crippen LogP contribution < -0.4 is 0 Å². The van der Waals surface area contributed by atoms with Gasteiger partial charge in [-0.2, -0.15) is 0 Å². The van der Waals surface area contributed by atoms with Crippen molar-refractivity contribution >= 4 is 11.8 Å². The molecule has 0 rings (SSSR count). The van der Waals surface area contributed by atoms with E-state index in [-0.39, 0.29) is 11.8 Å². The first kappa shape index (κ1) is 23.6. The number of ether oxygens (including phenoxy) is 1. The van der Waals surface area contributed by atoms with Crippen LogP contribution in [0, 0.1) is 11.8 Å². The van der Waals surface area contributed by atoms with Crippen LogP contribution in [-0.4, -0.2) is 18.9 Å². The highest BCUT2D eigenvalue weighted by Gasteiger charge is 2.27. The van der Waals surface area contributed by atoms with E-state index in [1.165, 1.54) is 25.5 Å². The van der Waals surface area contributed by atoms with Gasteiger partial charge in [-0.1, -0.05) is 50.3 Å². The second-order valence-electron chi connectivity index (χ2n) is 7.34. The summed E-state index contributed by atoms with van der Waals surface area (Å²) in [5, 5.41) is 0. The standard InChI is InChI=1S/C22H38O3/c1-6-7-8-9-10-11-12-16-20(22(24)25-5)21(23)17-19(4)15-13-14-18(2)3/h6,14,19-20H,1,7-13,15-17H2,2-5H3/t19-,20?/m1/s1. The van der Waals surface area contributed by atoms with Crippen molar-refractivity contribution in [2.45, 2.75) is 85.0 Å². The Bertz CT molecular complexity index is 419. The number of Topliss-reactive ketones (excluding diaryl/α,β-unsaturated/α-hetero) is 1. The molecule has 2 atom stereocenters. The zero-order chi connectivity index (χ0) is 19.1. The van der Waals surface area contributed by atoms with Crippen molar-refractivity contribution in [3.63, 3.8) is 0 Å². The summed E-state index contributed by atoms with van der Waals surface area (Å²) in [6.45, 7) is 9.98. The number of hydrogen-bond donors (Lipinski definition) is 0. The third-order valence-corrected chi connectivity index (χ3v) is 4.54. The molecule has 0 aromatic carbocycles. The molecule has 0 radical (unpaired) electrons. The fourth-order valence-electron chi connectivity index (χ4n) is 2.96. The molecule has 0 N–H and O–H groups in total. The van der Waals surface area contributed by atoms with Gasteiger partial charge in [0.05, 0.1) is 7.11 Å². The number of ketones is 1. The van der Waals surface area contributed by atoms with Gasteiger partial charge in [0.15, 0.2) is 0 Å². The van der Waals surface area contributed by atoms with Crippen LogP contribution in [-0.2, 0) is 14.3 Å². The molecule has 0 aromatic rings. The Morgan fingerprint density at radius 1 is 1.00 bits per heavy atom. The Morgan fingerprint density at radius 2 is 1.64 bits per heavy atom. The largest absolute Gasteiger partial charge is 0.468 e. The molecule has 0 saturated carbocycles. The van der Waals surface area contributed by atoms with Gasteiger partial charge in [-0.3, -0.25) is 9.59 Å². The van der Waals surface area contributed by atoms with Gasteiger partial charge in [-0.05, 0) is 51.9 Å². The average Bonchev–Trinajstić information content (AvgIpc) is 2.56. The first-order chi connectivity index (χ1) is 11.9. The lowest BCUT2D eigenvalue weighted by molar-refractivity contribution is -0.150. The smallest absolute Gasteiger partial charge is 0.316 e. The van der Waals surface area contributed by atoms with Gasteiger partial charge < -0.3 is 4.74 Å². The lowest BCUT2D eigenvalue weighted by Crippen LogP contribution is -2.26. The fourth-order valence-corrected chi connectivity index (χ4v) is 2.96. The Labute approximate surface area is 154 Å². The quantitative estimate of drug-likeness (QED) is 0.157. The van der Waals surface area contributed by atoms with Crippen LogP contribution in [0.5, 0.6) is 0 Å². The number of unbranched alkanes of at least 4 members (excludes halogenated alkanes) is 5. The van der Waals surface area contributed by atoms with Crippen LogP contribution in [0.2, 0.25) is 0 Å². The molecule has 0 aliphatic heterocycles. The van der Waals surface area contributed by atoms with E-state index in [0.29, 0.717) is 18.8 Å². The van der Waals surface area contributed by atoms with Crippen molar-refractivity contribution < 1.29 is 14.3 Å². The van der Waals surface area contributed by atoms with E-state index in [1.54, 1.807) is 0 Å². The number of methoxy groups -OCH3 is 1. The number of carbonyl (C=O) groups is 2. The number of rotatable bonds is 15. The van der Waals surface area contributed by atoms with Crippen LogP contribution in [0.25, 0.3) is 0 Å². The van der Waals surface area contributed by atoms with Crippen molar-refractivity contribution in [2.75, 3.05) is 7.11 Å². The zero-order valence-electron chi connectivity index (χ0n) is 16.8. The second-order valence-corrected chi connectivity index (χ2v) is 7.34. The number of esters is 1. The molecule has 144 valence electrons. The Balaban J connectivity index is 4.26. The van der Waals surface area contributed by atoms with Crippen LogP contribution in [0.1, 0.15) is 85.0 Å². The highest BCUT2D eigenvalue weighted by molar-refractivity contribution is 5.98. The molecular formula is C22H38O3. The van der Waals surface area contributed by atoms with Gasteiger partial charge in [-0.15, -0.1) is 6.58 Å². The van der Waals surface area contributed by atoms with E-state index in [2.05, 4.69) is 33.4 Å². The summed E-state index contributed by atoms with van der Waals surface area (Å²) in [5.74, 6) is -0.602. The van der Waals surface area contributed by atoms with Gasteiger partial charge in [0.25, 0.3) is 0 Å². The summed E-state index contributed by atoms with van der Waals surface area (Å²) in [7, 11) is 1.37. The van der Waals surface area contributed by atoms with E-state index in [4.69, 9.17) is 4.74 Å². The van der Waals surface area contributed by atoms with Gasteiger partial charge in [-0.25, -0.2) is 0 Å². The summed E-state index contributed by atoms with van der Waals surface area (Å²) in [6, 6.07) is 0. The molecule has 1 unspecified atom stereocenters. The van der Waals surface area contributed by atoms with Crippen LogP contribution in [0.4, 0.5) is 0 Å². The van der Waals surface area contributed by atoms with Gasteiger partial charge in [0.1, 0.15) is 11.7 Å². The van der Waals surface area contributed by atoms with Crippen LogP contribution in [0.3, 0.4) is 0 Å². The van der Waals surface area contributed by atoms with Gasteiger partial charge in [0, 0.05) is 6.42 Å². The average molecular weight is 351 g/mol. The second kappa shape index (κ2) is 14.9. The van der Waals surface area contributed by atoms with E-state index >= 15 is 0 Å². The fraction of sp³-hybridized carbons (Fsp3) is 0.727. The van der Waals surface area contributed by atoms with E-state index in [1.807, 2.05) is 6.08 Å². The minimum atomic E-state index is -0.580. The first-order valence-electron chi connectivity index (χ1n) is 9.77. The molecule has 0 spiro atoms. The predicted molar refractivity (Wildman–Crippen MR) is 105 cm³/mol. The molecule has 3 heteroatoms. The molecule has 0 aromatic heterocycles. The maximum atomic E-state index is 12.5. The third-order valence-electron chi connectivity index (χ3n) is 4.54. The van der Waals surface area contributed by atoms with Gasteiger partial charge in [0.2, 0.25) is 0 Å². The van der Waals surface area contributed by atoms with Gasteiger partial charge >= 0.3 is 5.97 Å². The lowest BCUT2D eigenvalue weighted by atomic mass is 9.89. The molecule has 0 aliphatic carbocycles. The molecular weight excluding hydrogens is 312 g/mol. The van der Waals surface area contributed by atoms with Crippen molar-refractivity contribution in [1.29, 1.82) is 0 Å². The predicted octanol–water partition coefficient (Wildman–Crippen LogP) is 6.03. The molecule has 0 amide bonds. The Morgan fingerprint density at radius 3 is 2.24 bits per heavy atom. The Hall–Kier alpha value is -1.38. The Kier molecular flexibility index (Phi) is 14.1. The minimum Gasteiger partial charge on any atom is -0.468 e. The summed E-state index contributed by atoms with van der Waals surface area (Å²) >= 11 is 0. The van der Waals surface area contributed by atoms with Crippen molar-refractivity contribution in [2.24, 2.45) is 11.8 Å². The first-order valence-corrected chi connectivity index (χ1v) is 9.77. The van der Waals surface area contributed by atoms with Crippen LogP contribution in [0.15, 0.2) is 24.3 Å². The number of carbonyl (C=O) groups excluding carboxylic acids is 2. The van der Waals surface area contributed by atoms with Crippen molar-refractivity contribution in [1.82, 2.24) is 0 Å². The zero-order valence-corrected chi connectivity index (χ0v) is 16.8. The van der Waals surface area contributed by atoms with E-state index in [9.17, 15) is 9.59 Å². The summed E-state index contributed by atoms with van der Waals surface area (Å²) in [4.78, 5) is 24.5. The SMILES string of the molecule is C=CCCCCCCCC(C(=O)C[C@H](C)CCC=C(C)C)C(=O)OC. The topological polar surface area (TPSA) is 43.4 Å². The molecule has 3 nitrogen and oxygen atoms in total. The normalized spacial score (nSPS) is 13.0. The van der Waals surface area contributed by atoms with Crippen molar-refractivity contribution in [3.8, 4) is 0 Å². The highest BCUT2D eigenvalue weighted by Crippen LogP contribution is 2.20. The maximum absolute atomic E-state index is 12.5. The molecule has 0 saturated heterocycles. The molecule has 0 bridgehead atoms. The molecule has 0 fully saturated rings. The van der Waals surface area contributed by atoms with E-state index < -0.39 is 5.92 Å². The van der Waals surface area contributed by atoms with Crippen LogP contribution >= 0.6 is 0 Å². The lowest BCUT2D eigenvalue weighted by Gasteiger charge is -2.16. The minimum absolute atomic E-state index is 0.0446. The summed E-state index contributed by atoms with van der Waals surface area (Å²) in [6.07, 6.45) is 13.7. The molecule has 0 heterocycles. The van der Waals surface area contributed by atoms with E-state index in [0.717, 1.165) is 38.5 Å². The summed E-state index contributed by atoms with van der Waals surface area (Å²) in [5.41, 5.74) is 1.30.